The van der Waals surface area contributed by atoms with Crippen LogP contribution < -0.4 is 9.46 Å². The molecule has 0 atom stereocenters. The van der Waals surface area contributed by atoms with Gasteiger partial charge in [-0.25, -0.2) is 13.1 Å². The van der Waals surface area contributed by atoms with Gasteiger partial charge in [0.1, 0.15) is 5.75 Å². The van der Waals surface area contributed by atoms with Gasteiger partial charge < -0.3 is 4.74 Å². The molecule has 1 aliphatic carbocycles. The summed E-state index contributed by atoms with van der Waals surface area (Å²) in [6.45, 7) is 2.92. The molecule has 24 heavy (non-hydrogen) atoms. The van der Waals surface area contributed by atoms with E-state index >= 15 is 0 Å². The molecule has 130 valence electrons. The predicted octanol–water partition coefficient (Wildman–Crippen LogP) is 3.94. The van der Waals surface area contributed by atoms with Crippen LogP contribution in [0, 0.1) is 0 Å². The van der Waals surface area contributed by atoms with Crippen molar-refractivity contribution in [2.24, 2.45) is 0 Å². The average molecular weight is 366 g/mol. The van der Waals surface area contributed by atoms with Gasteiger partial charge in [0.2, 0.25) is 10.0 Å². The van der Waals surface area contributed by atoms with Crippen LogP contribution in [-0.4, -0.2) is 21.6 Å². The standard InChI is InChI=1S/C18H23NO3S2/c1-2-22-16-5-7-17(8-6-16)24(20,21)19-14-18(10-3-4-11-18)15-9-12-23-13-15/h5-9,12-13,19H,2-4,10-11,14H2,1H3. The molecule has 1 N–H and O–H groups in total. The molecule has 0 unspecified atom stereocenters. The van der Waals surface area contributed by atoms with Gasteiger partial charge in [0.25, 0.3) is 0 Å². The summed E-state index contributed by atoms with van der Waals surface area (Å²) in [6.07, 6.45) is 4.38. The third-order valence-electron chi connectivity index (χ3n) is 4.74. The lowest BCUT2D eigenvalue weighted by Crippen LogP contribution is -2.38. The lowest BCUT2D eigenvalue weighted by molar-refractivity contribution is 0.340. The van der Waals surface area contributed by atoms with Crippen LogP contribution in [0.1, 0.15) is 38.2 Å². The minimum Gasteiger partial charge on any atom is -0.494 e. The Bertz CT molecular complexity index is 746. The molecule has 0 aliphatic heterocycles. The van der Waals surface area contributed by atoms with Crippen LogP contribution in [-0.2, 0) is 15.4 Å². The summed E-state index contributed by atoms with van der Waals surface area (Å²) in [5, 5.41) is 4.22. The fourth-order valence-electron chi connectivity index (χ4n) is 3.38. The highest BCUT2D eigenvalue weighted by atomic mass is 32.2. The number of nitrogens with one attached hydrogen (secondary N) is 1. The van der Waals surface area contributed by atoms with E-state index in [9.17, 15) is 8.42 Å². The summed E-state index contributed by atoms with van der Waals surface area (Å²) in [6, 6.07) is 8.71. The lowest BCUT2D eigenvalue weighted by atomic mass is 9.81. The molecule has 1 aliphatic rings. The molecule has 1 saturated carbocycles. The number of benzene rings is 1. The maximum absolute atomic E-state index is 12.6. The van der Waals surface area contributed by atoms with E-state index in [1.807, 2.05) is 6.92 Å². The number of sulfonamides is 1. The number of ether oxygens (including phenoxy) is 1. The maximum atomic E-state index is 12.6. The molecule has 0 spiro atoms. The second kappa shape index (κ2) is 7.25. The average Bonchev–Trinajstić information content (AvgIpc) is 3.26. The number of thiophene rings is 1. The second-order valence-electron chi connectivity index (χ2n) is 6.23. The van der Waals surface area contributed by atoms with Gasteiger partial charge in [0.15, 0.2) is 0 Å². The van der Waals surface area contributed by atoms with Crippen LogP contribution in [0.25, 0.3) is 0 Å². The van der Waals surface area contributed by atoms with Crippen molar-refractivity contribution in [2.75, 3.05) is 13.2 Å². The zero-order valence-corrected chi connectivity index (χ0v) is 15.5. The highest BCUT2D eigenvalue weighted by Gasteiger charge is 2.37. The molecule has 1 aromatic carbocycles. The first kappa shape index (κ1) is 17.5. The Hall–Kier alpha value is -1.37. The number of rotatable bonds is 7. The minimum absolute atomic E-state index is 0.0572. The quantitative estimate of drug-likeness (QED) is 0.809. The van der Waals surface area contributed by atoms with Gasteiger partial charge in [-0.05, 0) is 66.4 Å². The fourth-order valence-corrected chi connectivity index (χ4v) is 5.29. The molecule has 0 radical (unpaired) electrons. The van der Waals surface area contributed by atoms with Crippen molar-refractivity contribution in [2.45, 2.75) is 42.9 Å². The van der Waals surface area contributed by atoms with E-state index in [-0.39, 0.29) is 10.3 Å². The Morgan fingerprint density at radius 3 is 2.46 bits per heavy atom. The summed E-state index contributed by atoms with van der Waals surface area (Å²) >= 11 is 1.67. The minimum atomic E-state index is -3.51. The van der Waals surface area contributed by atoms with Gasteiger partial charge in [-0.1, -0.05) is 12.8 Å². The van der Waals surface area contributed by atoms with Gasteiger partial charge >= 0.3 is 0 Å². The molecule has 1 fully saturated rings. The van der Waals surface area contributed by atoms with Crippen molar-refractivity contribution in [1.29, 1.82) is 0 Å². The van der Waals surface area contributed by atoms with Crippen LogP contribution in [0.3, 0.4) is 0 Å². The molecule has 2 aromatic rings. The summed E-state index contributed by atoms with van der Waals surface area (Å²) in [4.78, 5) is 0.282. The Morgan fingerprint density at radius 1 is 1.17 bits per heavy atom. The molecule has 4 nitrogen and oxygen atoms in total. The largest absolute Gasteiger partial charge is 0.494 e. The van der Waals surface area contributed by atoms with Crippen molar-refractivity contribution in [1.82, 2.24) is 4.72 Å². The summed E-state index contributed by atoms with van der Waals surface area (Å²) in [5.41, 5.74) is 1.21. The van der Waals surface area contributed by atoms with E-state index < -0.39 is 10.0 Å². The van der Waals surface area contributed by atoms with E-state index in [0.717, 1.165) is 25.7 Å². The monoisotopic (exact) mass is 365 g/mol. The van der Waals surface area contributed by atoms with Gasteiger partial charge in [-0.15, -0.1) is 0 Å². The summed E-state index contributed by atoms with van der Waals surface area (Å²) in [7, 11) is -3.51. The molecule has 1 aromatic heterocycles. The molecular weight excluding hydrogens is 342 g/mol. The molecule has 6 heteroatoms. The fraction of sp³-hybridized carbons (Fsp3) is 0.444. The first-order valence-corrected chi connectivity index (χ1v) is 10.7. The zero-order chi connectivity index (χ0) is 17.0. The van der Waals surface area contributed by atoms with Gasteiger partial charge in [-0.2, -0.15) is 11.3 Å². The van der Waals surface area contributed by atoms with Crippen LogP contribution in [0.5, 0.6) is 5.75 Å². The normalized spacial score (nSPS) is 17.0. The third kappa shape index (κ3) is 3.66. The van der Waals surface area contributed by atoms with E-state index in [1.165, 1.54) is 5.56 Å². The van der Waals surface area contributed by atoms with Crippen LogP contribution in [0.4, 0.5) is 0 Å². The zero-order valence-electron chi connectivity index (χ0n) is 13.8. The van der Waals surface area contributed by atoms with Gasteiger partial charge in [0.05, 0.1) is 11.5 Å². The molecule has 0 amide bonds. The molecule has 0 bridgehead atoms. The second-order valence-corrected chi connectivity index (χ2v) is 8.78. The number of hydrogen-bond acceptors (Lipinski definition) is 4. The highest BCUT2D eigenvalue weighted by molar-refractivity contribution is 7.89. The van der Waals surface area contributed by atoms with Gasteiger partial charge in [-0.3, -0.25) is 0 Å². The Labute approximate surface area is 147 Å². The lowest BCUT2D eigenvalue weighted by Gasteiger charge is -2.28. The molecule has 3 rings (SSSR count). The topological polar surface area (TPSA) is 55.4 Å². The van der Waals surface area contributed by atoms with E-state index in [2.05, 4.69) is 21.5 Å². The molecular formula is C18H23NO3S2. The number of hydrogen-bond donors (Lipinski definition) is 1. The highest BCUT2D eigenvalue weighted by Crippen LogP contribution is 2.41. The van der Waals surface area contributed by atoms with Crippen LogP contribution in [0.15, 0.2) is 46.0 Å². The molecule has 1 heterocycles. The first-order chi connectivity index (χ1) is 11.6. The van der Waals surface area contributed by atoms with Crippen LogP contribution >= 0.6 is 11.3 Å². The SMILES string of the molecule is CCOc1ccc(S(=O)(=O)NCC2(c3ccsc3)CCCC2)cc1. The van der Waals surface area contributed by atoms with E-state index in [0.29, 0.717) is 18.9 Å². The first-order valence-electron chi connectivity index (χ1n) is 8.31. The van der Waals surface area contributed by atoms with E-state index in [4.69, 9.17) is 4.74 Å². The summed E-state index contributed by atoms with van der Waals surface area (Å²) in [5.74, 6) is 0.682. The van der Waals surface area contributed by atoms with Crippen molar-refractivity contribution in [3.05, 3.63) is 46.7 Å². The Balaban J connectivity index is 1.74. The smallest absolute Gasteiger partial charge is 0.240 e. The Morgan fingerprint density at radius 2 is 1.88 bits per heavy atom. The van der Waals surface area contributed by atoms with Crippen LogP contribution in [0.2, 0.25) is 0 Å². The summed E-state index contributed by atoms with van der Waals surface area (Å²) < 4.78 is 33.4. The van der Waals surface area contributed by atoms with Crippen molar-refractivity contribution < 1.29 is 13.2 Å². The van der Waals surface area contributed by atoms with Crippen molar-refractivity contribution >= 4 is 21.4 Å². The third-order valence-corrected chi connectivity index (χ3v) is 6.84. The maximum Gasteiger partial charge on any atom is 0.240 e. The van der Waals surface area contributed by atoms with Crippen molar-refractivity contribution in [3.63, 3.8) is 0 Å². The van der Waals surface area contributed by atoms with Crippen molar-refractivity contribution in [3.8, 4) is 5.75 Å². The van der Waals surface area contributed by atoms with Gasteiger partial charge in [0, 0.05) is 12.0 Å². The molecule has 0 saturated heterocycles. The van der Waals surface area contributed by atoms with E-state index in [1.54, 1.807) is 35.6 Å². The Kier molecular flexibility index (Phi) is 5.27. The predicted molar refractivity (Wildman–Crippen MR) is 97.3 cm³/mol.